The second-order valence-electron chi connectivity index (χ2n) is 6.70. The molecule has 1 aliphatic rings. The summed E-state index contributed by atoms with van der Waals surface area (Å²) in [4.78, 5) is 29.6. The smallest absolute Gasteiger partial charge is 0.356 e. The van der Waals surface area contributed by atoms with E-state index in [1.165, 1.54) is 0 Å². The molecule has 4 rings (SSSR count). The standard InChI is InChI=1S/C20H21N3O4S/c1-23-15-6-10-28-17(15)11-16(23)20(25)27-18(13-4-7-21-8-5-13)19(24)22-12-14-3-2-9-26-14/h4-8,10-11,14,18H,2-3,9,12H2,1H3,(H,22,24). The highest BCUT2D eigenvalue weighted by molar-refractivity contribution is 7.17. The van der Waals surface area contributed by atoms with E-state index in [4.69, 9.17) is 9.47 Å². The molecule has 3 aromatic rings. The number of carbonyl (C=O) groups excluding carboxylic acids is 2. The SMILES string of the molecule is Cn1c(C(=O)OC(C(=O)NCC2CCCO2)c2ccncc2)cc2sccc21. The van der Waals surface area contributed by atoms with Gasteiger partial charge in [0.1, 0.15) is 5.69 Å². The van der Waals surface area contributed by atoms with Crippen molar-refractivity contribution < 1.29 is 19.1 Å². The molecule has 146 valence electrons. The van der Waals surface area contributed by atoms with Crippen LogP contribution in [0.25, 0.3) is 10.2 Å². The maximum atomic E-state index is 12.8. The molecule has 0 radical (unpaired) electrons. The minimum absolute atomic E-state index is 0.0115. The number of nitrogens with one attached hydrogen (secondary N) is 1. The molecule has 8 heteroatoms. The van der Waals surface area contributed by atoms with E-state index >= 15 is 0 Å². The van der Waals surface area contributed by atoms with Gasteiger partial charge in [0.15, 0.2) is 0 Å². The van der Waals surface area contributed by atoms with E-state index in [1.807, 2.05) is 18.5 Å². The molecule has 1 fully saturated rings. The van der Waals surface area contributed by atoms with E-state index in [1.54, 1.807) is 46.5 Å². The predicted octanol–water partition coefficient (Wildman–Crippen LogP) is 2.83. The molecule has 1 amide bonds. The highest BCUT2D eigenvalue weighted by Crippen LogP contribution is 2.26. The van der Waals surface area contributed by atoms with Crippen LogP contribution in [0.15, 0.2) is 42.0 Å². The largest absolute Gasteiger partial charge is 0.443 e. The van der Waals surface area contributed by atoms with Gasteiger partial charge in [0, 0.05) is 38.2 Å². The zero-order valence-electron chi connectivity index (χ0n) is 15.5. The van der Waals surface area contributed by atoms with Crippen molar-refractivity contribution in [3.05, 3.63) is 53.3 Å². The Balaban J connectivity index is 1.52. The first-order valence-electron chi connectivity index (χ1n) is 9.16. The second-order valence-corrected chi connectivity index (χ2v) is 7.65. The van der Waals surface area contributed by atoms with Gasteiger partial charge >= 0.3 is 5.97 Å². The molecule has 1 aliphatic heterocycles. The van der Waals surface area contributed by atoms with Crippen LogP contribution in [0.3, 0.4) is 0 Å². The first-order valence-corrected chi connectivity index (χ1v) is 10.0. The molecule has 28 heavy (non-hydrogen) atoms. The zero-order valence-corrected chi connectivity index (χ0v) is 16.3. The molecule has 4 heterocycles. The lowest BCUT2D eigenvalue weighted by atomic mass is 10.1. The minimum atomic E-state index is -1.05. The number of pyridine rings is 1. The Morgan fingerprint density at radius 3 is 2.93 bits per heavy atom. The molecule has 7 nitrogen and oxygen atoms in total. The molecule has 3 aromatic heterocycles. The third-order valence-electron chi connectivity index (χ3n) is 4.87. The molecular weight excluding hydrogens is 378 g/mol. The van der Waals surface area contributed by atoms with Gasteiger partial charge in [0.25, 0.3) is 5.91 Å². The number of aromatic nitrogens is 2. The van der Waals surface area contributed by atoms with E-state index in [9.17, 15) is 9.59 Å². The Morgan fingerprint density at radius 1 is 1.39 bits per heavy atom. The molecule has 2 unspecified atom stereocenters. The summed E-state index contributed by atoms with van der Waals surface area (Å²) in [6.45, 7) is 1.12. The van der Waals surface area contributed by atoms with Crippen molar-refractivity contribution in [1.82, 2.24) is 14.9 Å². The molecular formula is C20H21N3O4S. The van der Waals surface area contributed by atoms with Crippen LogP contribution in [-0.2, 0) is 21.3 Å². The topological polar surface area (TPSA) is 82.5 Å². The monoisotopic (exact) mass is 399 g/mol. The summed E-state index contributed by atoms with van der Waals surface area (Å²) >= 11 is 1.55. The number of carbonyl (C=O) groups is 2. The normalized spacial score (nSPS) is 17.5. The van der Waals surface area contributed by atoms with Gasteiger partial charge in [-0.05, 0) is 42.5 Å². The quantitative estimate of drug-likeness (QED) is 0.645. The maximum absolute atomic E-state index is 12.8. The van der Waals surface area contributed by atoms with E-state index in [-0.39, 0.29) is 12.0 Å². The molecule has 0 spiro atoms. The number of hydrogen-bond donors (Lipinski definition) is 1. The third-order valence-corrected chi connectivity index (χ3v) is 5.73. The highest BCUT2D eigenvalue weighted by Gasteiger charge is 2.28. The van der Waals surface area contributed by atoms with Crippen molar-refractivity contribution in [3.8, 4) is 0 Å². The predicted molar refractivity (Wildman–Crippen MR) is 105 cm³/mol. The van der Waals surface area contributed by atoms with Crippen LogP contribution in [0.1, 0.15) is 35.0 Å². The maximum Gasteiger partial charge on any atom is 0.356 e. The molecule has 0 saturated carbocycles. The van der Waals surface area contributed by atoms with Crippen LogP contribution in [0, 0.1) is 0 Å². The number of ether oxygens (including phenoxy) is 2. The minimum Gasteiger partial charge on any atom is -0.443 e. The number of thiophene rings is 1. The Labute approximate surface area is 166 Å². The number of rotatable bonds is 6. The fourth-order valence-corrected chi connectivity index (χ4v) is 4.19. The van der Waals surface area contributed by atoms with Crippen molar-refractivity contribution in [2.75, 3.05) is 13.2 Å². The van der Waals surface area contributed by atoms with E-state index in [2.05, 4.69) is 10.3 Å². The lowest BCUT2D eigenvalue weighted by Gasteiger charge is -2.19. The zero-order chi connectivity index (χ0) is 19.5. The summed E-state index contributed by atoms with van der Waals surface area (Å²) < 4.78 is 14.0. The second kappa shape index (κ2) is 8.12. The van der Waals surface area contributed by atoms with Gasteiger partial charge in [-0.25, -0.2) is 4.79 Å². The van der Waals surface area contributed by atoms with Gasteiger partial charge in [0.2, 0.25) is 6.10 Å². The van der Waals surface area contributed by atoms with Gasteiger partial charge in [-0.3, -0.25) is 9.78 Å². The summed E-state index contributed by atoms with van der Waals surface area (Å²) in [5, 5.41) is 4.82. The highest BCUT2D eigenvalue weighted by atomic mass is 32.1. The van der Waals surface area contributed by atoms with Crippen molar-refractivity contribution in [1.29, 1.82) is 0 Å². The van der Waals surface area contributed by atoms with E-state index in [0.717, 1.165) is 23.1 Å². The fraction of sp³-hybridized carbons (Fsp3) is 0.350. The number of esters is 1. The van der Waals surface area contributed by atoms with Crippen molar-refractivity contribution >= 4 is 33.4 Å². The van der Waals surface area contributed by atoms with Gasteiger partial charge in [0.05, 0.1) is 16.3 Å². The van der Waals surface area contributed by atoms with Crippen LogP contribution in [0.2, 0.25) is 0 Å². The van der Waals surface area contributed by atoms with Crippen LogP contribution in [-0.4, -0.2) is 40.7 Å². The van der Waals surface area contributed by atoms with E-state index < -0.39 is 12.1 Å². The molecule has 2 atom stereocenters. The van der Waals surface area contributed by atoms with Gasteiger partial charge in [-0.2, -0.15) is 0 Å². The van der Waals surface area contributed by atoms with Crippen LogP contribution in [0.5, 0.6) is 0 Å². The van der Waals surface area contributed by atoms with Gasteiger partial charge in [-0.1, -0.05) is 0 Å². The summed E-state index contributed by atoms with van der Waals surface area (Å²) in [6.07, 6.45) is 4.01. The molecule has 1 N–H and O–H groups in total. The third kappa shape index (κ3) is 3.79. The fourth-order valence-electron chi connectivity index (χ4n) is 3.34. The molecule has 1 saturated heterocycles. The van der Waals surface area contributed by atoms with Crippen LogP contribution >= 0.6 is 11.3 Å². The Hall–Kier alpha value is -2.71. The van der Waals surface area contributed by atoms with Gasteiger partial charge < -0.3 is 19.4 Å². The average Bonchev–Trinajstić information content (AvgIpc) is 3.44. The first kappa shape index (κ1) is 18.6. The lowest BCUT2D eigenvalue weighted by molar-refractivity contribution is -0.130. The first-order chi connectivity index (χ1) is 13.6. The summed E-state index contributed by atoms with van der Waals surface area (Å²) in [7, 11) is 1.81. The van der Waals surface area contributed by atoms with Crippen molar-refractivity contribution in [2.45, 2.75) is 25.0 Å². The number of nitrogens with zero attached hydrogens (tertiary/aromatic N) is 2. The summed E-state index contributed by atoms with van der Waals surface area (Å²) in [6, 6.07) is 7.09. The number of amides is 1. The average molecular weight is 399 g/mol. The number of aryl methyl sites for hydroxylation is 1. The Kier molecular flexibility index (Phi) is 5.40. The Bertz CT molecular complexity index is 976. The molecule has 0 aliphatic carbocycles. The van der Waals surface area contributed by atoms with Crippen molar-refractivity contribution in [3.63, 3.8) is 0 Å². The van der Waals surface area contributed by atoms with E-state index in [0.29, 0.717) is 24.4 Å². The van der Waals surface area contributed by atoms with Crippen LogP contribution < -0.4 is 5.32 Å². The summed E-state index contributed by atoms with van der Waals surface area (Å²) in [5.41, 5.74) is 1.94. The number of hydrogen-bond acceptors (Lipinski definition) is 6. The van der Waals surface area contributed by atoms with Crippen LogP contribution in [0.4, 0.5) is 0 Å². The lowest BCUT2D eigenvalue weighted by Crippen LogP contribution is -2.37. The van der Waals surface area contributed by atoms with Crippen molar-refractivity contribution in [2.24, 2.45) is 7.05 Å². The molecule has 0 bridgehead atoms. The Morgan fingerprint density at radius 2 is 2.21 bits per heavy atom. The van der Waals surface area contributed by atoms with Gasteiger partial charge in [-0.15, -0.1) is 11.3 Å². The molecule has 0 aromatic carbocycles. The number of fused-ring (bicyclic) bond motifs is 1. The summed E-state index contributed by atoms with van der Waals surface area (Å²) in [5.74, 6) is -0.911.